The van der Waals surface area contributed by atoms with Gasteiger partial charge in [-0.05, 0) is 17.7 Å². The van der Waals surface area contributed by atoms with Gasteiger partial charge in [0.15, 0.2) is 5.43 Å². The lowest BCUT2D eigenvalue weighted by molar-refractivity contribution is -0.385. The molecule has 0 aliphatic carbocycles. The molecule has 0 aliphatic heterocycles. The molecule has 0 spiro atoms. The van der Waals surface area contributed by atoms with Gasteiger partial charge in [-0.15, -0.1) is 0 Å². The number of benzene rings is 3. The predicted octanol–water partition coefficient (Wildman–Crippen LogP) is 6.05. The number of nitrogens with zero attached hydrogens (tertiary/aromatic N) is 1. The highest BCUT2D eigenvalue weighted by atomic mass is 16.6. The zero-order chi connectivity index (χ0) is 20.9. The molecule has 0 amide bonds. The zero-order valence-corrected chi connectivity index (χ0v) is 15.9. The van der Waals surface area contributed by atoms with Crippen LogP contribution < -0.4 is 5.43 Å². The molecule has 0 N–H and O–H groups in total. The smallest absolute Gasteiger partial charge is 0.276 e. The van der Waals surface area contributed by atoms with Crippen LogP contribution >= 0.6 is 0 Å². The van der Waals surface area contributed by atoms with Gasteiger partial charge >= 0.3 is 0 Å². The normalized spacial score (nSPS) is 10.9. The third-order valence-electron chi connectivity index (χ3n) is 4.61. The first-order valence-electron chi connectivity index (χ1n) is 9.33. The number of nitro benzene ring substituents is 1. The van der Waals surface area contributed by atoms with Gasteiger partial charge in [0, 0.05) is 29.3 Å². The average Bonchev–Trinajstić information content (AvgIpc) is 2.78. The van der Waals surface area contributed by atoms with Gasteiger partial charge in [0.1, 0.15) is 11.5 Å². The van der Waals surface area contributed by atoms with E-state index in [4.69, 9.17) is 4.42 Å². The molecule has 0 saturated carbocycles. The van der Waals surface area contributed by atoms with E-state index in [1.165, 1.54) is 18.2 Å². The lowest BCUT2D eigenvalue weighted by Crippen LogP contribution is -1.98. The minimum Gasteiger partial charge on any atom is -0.456 e. The maximum Gasteiger partial charge on any atom is 0.276 e. The van der Waals surface area contributed by atoms with Crippen molar-refractivity contribution in [3.8, 4) is 22.6 Å². The molecule has 0 saturated heterocycles. The quantitative estimate of drug-likeness (QED) is 0.234. The van der Waals surface area contributed by atoms with Crippen molar-refractivity contribution in [2.45, 2.75) is 0 Å². The van der Waals surface area contributed by atoms with E-state index >= 15 is 0 Å². The van der Waals surface area contributed by atoms with Crippen LogP contribution in [0.4, 0.5) is 5.69 Å². The summed E-state index contributed by atoms with van der Waals surface area (Å²) in [5, 5.41) is 11.1. The zero-order valence-electron chi connectivity index (χ0n) is 15.9. The molecular formula is C25H17NO4. The molecule has 0 fully saturated rings. The Hall–Kier alpha value is -4.25. The summed E-state index contributed by atoms with van der Waals surface area (Å²) < 4.78 is 5.95. The van der Waals surface area contributed by atoms with E-state index < -0.39 is 4.92 Å². The largest absolute Gasteiger partial charge is 0.456 e. The molecule has 146 valence electrons. The van der Waals surface area contributed by atoms with Crippen molar-refractivity contribution in [2.75, 3.05) is 0 Å². The Bertz CT molecular complexity index is 1270. The Labute approximate surface area is 172 Å². The van der Waals surface area contributed by atoms with Crippen molar-refractivity contribution in [1.82, 2.24) is 0 Å². The fourth-order valence-corrected chi connectivity index (χ4v) is 3.10. The van der Waals surface area contributed by atoms with Crippen molar-refractivity contribution in [1.29, 1.82) is 0 Å². The molecule has 3 aromatic carbocycles. The average molecular weight is 395 g/mol. The minimum absolute atomic E-state index is 0.0601. The Balaban J connectivity index is 1.61. The SMILES string of the molecule is O=c1cc(-c2ccccc2)oc(-c2ccc(/C=C/c3ccccc3[N+](=O)[O-])cc2)c1. The molecule has 0 bridgehead atoms. The highest BCUT2D eigenvalue weighted by molar-refractivity contribution is 5.75. The number of nitro groups is 1. The molecule has 5 nitrogen and oxygen atoms in total. The van der Waals surface area contributed by atoms with Crippen LogP contribution in [0, 0.1) is 10.1 Å². The van der Waals surface area contributed by atoms with E-state index in [2.05, 4.69) is 0 Å². The Kier molecular flexibility index (Phi) is 5.35. The second-order valence-electron chi connectivity index (χ2n) is 6.66. The van der Waals surface area contributed by atoms with Gasteiger partial charge < -0.3 is 4.42 Å². The fourth-order valence-electron chi connectivity index (χ4n) is 3.10. The van der Waals surface area contributed by atoms with Crippen LogP contribution in [0.1, 0.15) is 11.1 Å². The van der Waals surface area contributed by atoms with E-state index in [-0.39, 0.29) is 11.1 Å². The van der Waals surface area contributed by atoms with Crippen molar-refractivity contribution in [3.63, 3.8) is 0 Å². The Morgan fingerprint density at radius 1 is 0.733 bits per heavy atom. The molecule has 1 heterocycles. The summed E-state index contributed by atoms with van der Waals surface area (Å²) in [7, 11) is 0. The number of para-hydroxylation sites is 1. The van der Waals surface area contributed by atoms with Crippen LogP contribution in [0.25, 0.3) is 34.8 Å². The summed E-state index contributed by atoms with van der Waals surface area (Å²) in [5.74, 6) is 0.994. The molecule has 0 unspecified atom stereocenters. The summed E-state index contributed by atoms with van der Waals surface area (Å²) in [6, 6.07) is 26.4. The fraction of sp³-hybridized carbons (Fsp3) is 0. The van der Waals surface area contributed by atoms with Gasteiger partial charge in [0.25, 0.3) is 5.69 Å². The van der Waals surface area contributed by atoms with E-state index in [1.54, 1.807) is 24.3 Å². The lowest BCUT2D eigenvalue weighted by Gasteiger charge is -2.05. The van der Waals surface area contributed by atoms with Crippen LogP contribution in [0.3, 0.4) is 0 Å². The summed E-state index contributed by atoms with van der Waals surface area (Å²) in [5.41, 5.74) is 2.94. The maximum absolute atomic E-state index is 12.1. The highest BCUT2D eigenvalue weighted by Gasteiger charge is 2.09. The first-order valence-corrected chi connectivity index (χ1v) is 9.33. The van der Waals surface area contributed by atoms with Crippen molar-refractivity contribution in [2.24, 2.45) is 0 Å². The highest BCUT2D eigenvalue weighted by Crippen LogP contribution is 2.26. The van der Waals surface area contributed by atoms with Crippen LogP contribution in [-0.4, -0.2) is 4.92 Å². The monoisotopic (exact) mass is 395 g/mol. The lowest BCUT2D eigenvalue weighted by atomic mass is 10.1. The van der Waals surface area contributed by atoms with Gasteiger partial charge in [-0.25, -0.2) is 0 Å². The summed E-state index contributed by atoms with van der Waals surface area (Å²) >= 11 is 0. The molecule has 0 atom stereocenters. The third kappa shape index (κ3) is 4.25. The molecule has 4 aromatic rings. The van der Waals surface area contributed by atoms with Crippen LogP contribution in [0.15, 0.2) is 100 Å². The summed E-state index contributed by atoms with van der Waals surface area (Å²) in [6.45, 7) is 0. The molecule has 30 heavy (non-hydrogen) atoms. The van der Waals surface area contributed by atoms with E-state index in [9.17, 15) is 14.9 Å². The number of hydrogen-bond acceptors (Lipinski definition) is 4. The molecule has 0 radical (unpaired) electrons. The van der Waals surface area contributed by atoms with Gasteiger partial charge in [-0.1, -0.05) is 72.8 Å². The number of rotatable bonds is 5. The molecule has 1 aromatic heterocycles. The van der Waals surface area contributed by atoms with Gasteiger partial charge in [-0.2, -0.15) is 0 Å². The van der Waals surface area contributed by atoms with Crippen LogP contribution in [0.2, 0.25) is 0 Å². The van der Waals surface area contributed by atoms with Crippen molar-refractivity contribution >= 4 is 17.8 Å². The second-order valence-corrected chi connectivity index (χ2v) is 6.66. The molecular weight excluding hydrogens is 378 g/mol. The Morgan fingerprint density at radius 3 is 2.00 bits per heavy atom. The number of hydrogen-bond donors (Lipinski definition) is 0. The van der Waals surface area contributed by atoms with Crippen LogP contribution in [-0.2, 0) is 0 Å². The van der Waals surface area contributed by atoms with E-state index in [1.807, 2.05) is 60.7 Å². The maximum atomic E-state index is 12.1. The van der Waals surface area contributed by atoms with Gasteiger partial charge in [0.2, 0.25) is 0 Å². The molecule has 5 heteroatoms. The third-order valence-corrected chi connectivity index (χ3v) is 4.61. The molecule has 0 aliphatic rings. The van der Waals surface area contributed by atoms with E-state index in [0.29, 0.717) is 17.1 Å². The van der Waals surface area contributed by atoms with Crippen molar-refractivity contribution in [3.05, 3.63) is 122 Å². The standard InChI is InChI=1S/C25H17NO4/c27-22-16-24(20-7-2-1-3-8-20)30-25(17-22)21-14-11-18(12-15-21)10-13-19-6-4-5-9-23(19)26(28)29/h1-17H/b13-10+. The van der Waals surface area contributed by atoms with Crippen LogP contribution in [0.5, 0.6) is 0 Å². The first kappa shape index (κ1) is 19.1. The Morgan fingerprint density at radius 2 is 1.33 bits per heavy atom. The second kappa shape index (κ2) is 8.41. The minimum atomic E-state index is -0.398. The first-order chi connectivity index (χ1) is 14.6. The topological polar surface area (TPSA) is 73.3 Å². The van der Waals surface area contributed by atoms with E-state index in [0.717, 1.165) is 16.7 Å². The predicted molar refractivity (Wildman–Crippen MR) is 118 cm³/mol. The summed E-state index contributed by atoms with van der Waals surface area (Å²) in [6.07, 6.45) is 3.52. The van der Waals surface area contributed by atoms with Gasteiger partial charge in [0.05, 0.1) is 10.5 Å². The van der Waals surface area contributed by atoms with Crippen molar-refractivity contribution < 1.29 is 9.34 Å². The summed E-state index contributed by atoms with van der Waals surface area (Å²) in [4.78, 5) is 22.9. The van der Waals surface area contributed by atoms with Gasteiger partial charge in [-0.3, -0.25) is 14.9 Å². The molecule has 4 rings (SSSR count).